The Morgan fingerprint density at radius 3 is 2.30 bits per heavy atom. The van der Waals surface area contributed by atoms with Crippen molar-refractivity contribution in [1.29, 1.82) is 0 Å². The molecule has 0 saturated carbocycles. The number of aliphatic hydroxyl groups is 1. The van der Waals surface area contributed by atoms with Gasteiger partial charge in [-0.15, -0.1) is 0 Å². The first-order chi connectivity index (χ1) is 14.3. The number of halogens is 1. The van der Waals surface area contributed by atoms with E-state index in [0.29, 0.717) is 11.1 Å². The molecule has 2 aromatic carbocycles. The number of nitrogens with one attached hydrogen (secondary N) is 2. The van der Waals surface area contributed by atoms with Gasteiger partial charge in [0.2, 0.25) is 0 Å². The Bertz CT molecular complexity index is 911. The van der Waals surface area contributed by atoms with E-state index in [-0.39, 0.29) is 12.3 Å². The zero-order valence-corrected chi connectivity index (χ0v) is 18.2. The average molecular weight is 475 g/mol. The summed E-state index contributed by atoms with van der Waals surface area (Å²) in [6.45, 7) is 3.09. The predicted molar refractivity (Wildman–Crippen MR) is 116 cm³/mol. The molecule has 3 N–H and O–H groups in total. The Morgan fingerprint density at radius 2 is 1.73 bits per heavy atom. The van der Waals surface area contributed by atoms with Crippen molar-refractivity contribution in [1.82, 2.24) is 10.6 Å². The maximum Gasteiger partial charge on any atom is 0.331 e. The molecule has 0 bridgehead atoms. The van der Waals surface area contributed by atoms with Crippen LogP contribution in [0.3, 0.4) is 0 Å². The summed E-state index contributed by atoms with van der Waals surface area (Å²) in [7, 11) is 0. The number of ether oxygens (including phenoxy) is 1. The molecule has 0 saturated heterocycles. The molecule has 2 aromatic rings. The number of rotatable bonds is 8. The molecule has 158 valence electrons. The van der Waals surface area contributed by atoms with E-state index >= 15 is 0 Å². The van der Waals surface area contributed by atoms with Crippen LogP contribution in [0.4, 0.5) is 0 Å². The van der Waals surface area contributed by atoms with Gasteiger partial charge in [-0.2, -0.15) is 0 Å². The highest BCUT2D eigenvalue weighted by Gasteiger charge is 2.28. The van der Waals surface area contributed by atoms with E-state index in [1.165, 1.54) is 13.0 Å². The number of esters is 1. The molecule has 0 fully saturated rings. The molecule has 0 aliphatic rings. The van der Waals surface area contributed by atoms with E-state index in [4.69, 9.17) is 4.74 Å². The smallest absolute Gasteiger partial charge is 0.331 e. The second kappa shape index (κ2) is 11.3. The topological polar surface area (TPSA) is 105 Å². The van der Waals surface area contributed by atoms with Crippen LogP contribution in [0.2, 0.25) is 0 Å². The van der Waals surface area contributed by atoms with Gasteiger partial charge in [-0.3, -0.25) is 9.59 Å². The van der Waals surface area contributed by atoms with Crippen molar-refractivity contribution in [3.8, 4) is 0 Å². The minimum absolute atomic E-state index is 0.0823. The monoisotopic (exact) mass is 474 g/mol. The van der Waals surface area contributed by atoms with Crippen molar-refractivity contribution < 1.29 is 24.2 Å². The number of benzene rings is 2. The molecular weight excluding hydrogens is 452 g/mol. The van der Waals surface area contributed by atoms with Crippen LogP contribution < -0.4 is 10.6 Å². The second-order valence-corrected chi connectivity index (χ2v) is 7.29. The molecule has 2 atom stereocenters. The molecule has 8 heteroatoms. The Kier molecular flexibility index (Phi) is 8.76. The molecule has 0 aliphatic carbocycles. The normalized spacial score (nSPS) is 13.1. The number of hydrogen-bond acceptors (Lipinski definition) is 5. The third-order valence-electron chi connectivity index (χ3n) is 4.02. The number of aliphatic hydroxyl groups excluding tert-OH is 1. The summed E-state index contributed by atoms with van der Waals surface area (Å²) in [6.07, 6.45) is 0.291. The highest BCUT2D eigenvalue weighted by atomic mass is 79.9. The van der Waals surface area contributed by atoms with Crippen molar-refractivity contribution in [2.45, 2.75) is 26.0 Å². The van der Waals surface area contributed by atoms with E-state index in [2.05, 4.69) is 26.6 Å². The summed E-state index contributed by atoms with van der Waals surface area (Å²) < 4.78 is 5.76. The van der Waals surface area contributed by atoms with Crippen molar-refractivity contribution in [2.75, 3.05) is 6.61 Å². The van der Waals surface area contributed by atoms with Gasteiger partial charge in [0.1, 0.15) is 5.70 Å². The molecule has 0 radical (unpaired) electrons. The summed E-state index contributed by atoms with van der Waals surface area (Å²) in [5.74, 6) is -1.99. The lowest BCUT2D eigenvalue weighted by molar-refractivity contribution is -0.150. The van der Waals surface area contributed by atoms with Gasteiger partial charge in [-0.05, 0) is 49.8 Å². The van der Waals surface area contributed by atoms with Gasteiger partial charge in [-0.25, -0.2) is 4.79 Å². The summed E-state index contributed by atoms with van der Waals surface area (Å²) in [4.78, 5) is 37.5. The van der Waals surface area contributed by atoms with Crippen LogP contribution in [0.25, 0.3) is 6.08 Å². The van der Waals surface area contributed by atoms with Crippen LogP contribution >= 0.6 is 15.9 Å². The van der Waals surface area contributed by atoms with E-state index in [1.54, 1.807) is 61.5 Å². The van der Waals surface area contributed by atoms with Gasteiger partial charge < -0.3 is 20.5 Å². The third-order valence-corrected chi connectivity index (χ3v) is 4.55. The number of carbonyl (C=O) groups excluding carboxylic acids is 3. The molecule has 0 heterocycles. The van der Waals surface area contributed by atoms with Gasteiger partial charge in [-0.1, -0.05) is 46.3 Å². The average Bonchev–Trinajstić information content (AvgIpc) is 2.73. The molecular formula is C22H23BrN2O5. The fourth-order valence-electron chi connectivity index (χ4n) is 2.50. The standard InChI is InChI=1S/C22H23BrN2O5/c1-3-30-22(29)19(14(2)26)25-21(28)18(13-15-9-11-17(23)12-10-15)24-20(27)16-7-5-4-6-8-16/h4-14,19,26H,3H2,1-2H3,(H,24,27)(H,25,28)/b18-13+. The van der Waals surface area contributed by atoms with Gasteiger partial charge in [0, 0.05) is 10.0 Å². The Morgan fingerprint density at radius 1 is 1.10 bits per heavy atom. The van der Waals surface area contributed by atoms with Crippen molar-refractivity contribution in [3.05, 3.63) is 75.9 Å². The second-order valence-electron chi connectivity index (χ2n) is 6.37. The van der Waals surface area contributed by atoms with E-state index in [9.17, 15) is 19.5 Å². The van der Waals surface area contributed by atoms with Crippen LogP contribution in [0, 0.1) is 0 Å². The SMILES string of the molecule is CCOC(=O)C(NC(=O)/C(=C\c1ccc(Br)cc1)NC(=O)c1ccccc1)C(C)O. The van der Waals surface area contributed by atoms with Gasteiger partial charge in [0.15, 0.2) is 6.04 Å². The molecule has 2 amide bonds. The summed E-state index contributed by atoms with van der Waals surface area (Å²) in [6, 6.07) is 14.2. The zero-order chi connectivity index (χ0) is 22.1. The van der Waals surface area contributed by atoms with Crippen LogP contribution in [0.5, 0.6) is 0 Å². The predicted octanol–water partition coefficient (Wildman–Crippen LogP) is 2.65. The molecule has 30 heavy (non-hydrogen) atoms. The zero-order valence-electron chi connectivity index (χ0n) is 16.6. The van der Waals surface area contributed by atoms with Crippen LogP contribution in [0.15, 0.2) is 64.8 Å². The van der Waals surface area contributed by atoms with Gasteiger partial charge in [0.25, 0.3) is 11.8 Å². The lowest BCUT2D eigenvalue weighted by Crippen LogP contribution is -2.50. The Balaban J connectivity index is 2.31. The third kappa shape index (κ3) is 6.82. The molecule has 7 nitrogen and oxygen atoms in total. The maximum atomic E-state index is 12.9. The molecule has 0 aromatic heterocycles. The number of carbonyl (C=O) groups is 3. The van der Waals surface area contributed by atoms with Crippen molar-refractivity contribution in [2.24, 2.45) is 0 Å². The van der Waals surface area contributed by atoms with Gasteiger partial charge in [0.05, 0.1) is 12.7 Å². The van der Waals surface area contributed by atoms with E-state index in [1.807, 2.05) is 0 Å². The summed E-state index contributed by atoms with van der Waals surface area (Å²) in [5, 5.41) is 14.9. The van der Waals surface area contributed by atoms with Crippen molar-refractivity contribution in [3.63, 3.8) is 0 Å². The van der Waals surface area contributed by atoms with Gasteiger partial charge >= 0.3 is 5.97 Å². The number of hydrogen-bond donors (Lipinski definition) is 3. The van der Waals surface area contributed by atoms with Crippen molar-refractivity contribution >= 4 is 39.8 Å². The largest absolute Gasteiger partial charge is 0.464 e. The summed E-state index contributed by atoms with van der Waals surface area (Å²) >= 11 is 3.34. The quantitative estimate of drug-likeness (QED) is 0.402. The van der Waals surface area contributed by atoms with E-state index < -0.39 is 29.9 Å². The first kappa shape index (κ1) is 23.3. The number of amides is 2. The molecule has 0 spiro atoms. The first-order valence-corrected chi connectivity index (χ1v) is 10.1. The maximum absolute atomic E-state index is 12.9. The fourth-order valence-corrected chi connectivity index (χ4v) is 2.76. The molecule has 0 aliphatic heterocycles. The lowest BCUT2D eigenvalue weighted by Gasteiger charge is -2.20. The van der Waals surface area contributed by atoms with E-state index in [0.717, 1.165) is 4.47 Å². The molecule has 2 unspecified atom stereocenters. The highest BCUT2D eigenvalue weighted by Crippen LogP contribution is 2.13. The Labute approximate surface area is 183 Å². The minimum Gasteiger partial charge on any atom is -0.464 e. The highest BCUT2D eigenvalue weighted by molar-refractivity contribution is 9.10. The Hall–Kier alpha value is -2.97. The van der Waals surface area contributed by atoms with Crippen LogP contribution in [-0.4, -0.2) is 41.6 Å². The molecule has 2 rings (SSSR count). The lowest BCUT2D eigenvalue weighted by atomic mass is 10.1. The van der Waals surface area contributed by atoms with Crippen LogP contribution in [0.1, 0.15) is 29.8 Å². The first-order valence-electron chi connectivity index (χ1n) is 9.31. The summed E-state index contributed by atoms with van der Waals surface area (Å²) in [5.41, 5.74) is 0.937. The fraction of sp³-hybridized carbons (Fsp3) is 0.227. The minimum atomic E-state index is -1.28. The van der Waals surface area contributed by atoms with Crippen LogP contribution in [-0.2, 0) is 14.3 Å².